The molecule has 30 heavy (non-hydrogen) atoms. The van der Waals surface area contributed by atoms with Crippen LogP contribution in [0.4, 0.5) is 0 Å². The second-order valence-electron chi connectivity index (χ2n) is 8.12. The van der Waals surface area contributed by atoms with E-state index in [0.29, 0.717) is 32.8 Å². The van der Waals surface area contributed by atoms with E-state index in [1.54, 1.807) is 0 Å². The summed E-state index contributed by atoms with van der Waals surface area (Å²) in [7, 11) is 0. The van der Waals surface area contributed by atoms with Crippen LogP contribution in [-0.4, -0.2) is 36.6 Å². The van der Waals surface area contributed by atoms with Gasteiger partial charge in [0.25, 0.3) is 0 Å². The molecular formula is C26H34O4. The molecule has 2 atom stereocenters. The van der Waals surface area contributed by atoms with E-state index in [4.69, 9.17) is 14.2 Å². The first kappa shape index (κ1) is 22.7. The van der Waals surface area contributed by atoms with Crippen molar-refractivity contribution in [1.82, 2.24) is 0 Å². The highest BCUT2D eigenvalue weighted by molar-refractivity contribution is 5.15. The topological polar surface area (TPSA) is 47.9 Å². The predicted molar refractivity (Wildman–Crippen MR) is 119 cm³/mol. The SMILES string of the molecule is C[C@@]1(CCCO)OC/C(=C/COCc2ccccc2)CC[C@H]1OCc1ccccc1. The lowest BCUT2D eigenvalue weighted by molar-refractivity contribution is -0.136. The molecule has 0 saturated carbocycles. The average molecular weight is 411 g/mol. The third kappa shape index (κ3) is 7.06. The molecule has 0 spiro atoms. The van der Waals surface area contributed by atoms with E-state index >= 15 is 0 Å². The number of aliphatic hydroxyl groups is 1. The molecule has 0 bridgehead atoms. The highest BCUT2D eigenvalue weighted by atomic mass is 16.6. The van der Waals surface area contributed by atoms with E-state index in [2.05, 4.69) is 37.3 Å². The van der Waals surface area contributed by atoms with Crippen LogP contribution in [-0.2, 0) is 27.4 Å². The maximum absolute atomic E-state index is 9.34. The smallest absolute Gasteiger partial charge is 0.0920 e. The fraction of sp³-hybridized carbons (Fsp3) is 0.462. The molecule has 1 aliphatic rings. The first-order valence-electron chi connectivity index (χ1n) is 10.9. The fourth-order valence-electron chi connectivity index (χ4n) is 3.83. The summed E-state index contributed by atoms with van der Waals surface area (Å²) in [5.41, 5.74) is 3.19. The second kappa shape index (κ2) is 12.0. The lowest BCUT2D eigenvalue weighted by Crippen LogP contribution is -2.43. The molecule has 1 aliphatic heterocycles. The lowest BCUT2D eigenvalue weighted by atomic mass is 9.90. The zero-order valence-corrected chi connectivity index (χ0v) is 18.0. The molecule has 0 radical (unpaired) electrons. The second-order valence-corrected chi connectivity index (χ2v) is 8.12. The van der Waals surface area contributed by atoms with Crippen LogP contribution >= 0.6 is 0 Å². The van der Waals surface area contributed by atoms with Gasteiger partial charge >= 0.3 is 0 Å². The van der Waals surface area contributed by atoms with Crippen LogP contribution in [0.5, 0.6) is 0 Å². The largest absolute Gasteiger partial charge is 0.396 e. The molecule has 1 N–H and O–H groups in total. The minimum Gasteiger partial charge on any atom is -0.396 e. The van der Waals surface area contributed by atoms with Crippen molar-refractivity contribution in [3.63, 3.8) is 0 Å². The zero-order chi connectivity index (χ0) is 21.1. The fourth-order valence-corrected chi connectivity index (χ4v) is 3.83. The van der Waals surface area contributed by atoms with Crippen molar-refractivity contribution < 1.29 is 19.3 Å². The van der Waals surface area contributed by atoms with Crippen molar-refractivity contribution in [3.05, 3.63) is 83.4 Å². The molecule has 162 valence electrons. The van der Waals surface area contributed by atoms with Gasteiger partial charge in [-0.05, 0) is 49.3 Å². The van der Waals surface area contributed by atoms with Crippen LogP contribution in [0.3, 0.4) is 0 Å². The molecule has 0 aliphatic carbocycles. The summed E-state index contributed by atoms with van der Waals surface area (Å²) in [4.78, 5) is 0. The molecule has 1 saturated heterocycles. The van der Waals surface area contributed by atoms with Crippen LogP contribution in [0.2, 0.25) is 0 Å². The quantitative estimate of drug-likeness (QED) is 0.439. The van der Waals surface area contributed by atoms with Gasteiger partial charge in [-0.1, -0.05) is 66.7 Å². The number of hydrogen-bond acceptors (Lipinski definition) is 4. The number of aliphatic hydroxyl groups excluding tert-OH is 1. The van der Waals surface area contributed by atoms with Crippen LogP contribution in [0.25, 0.3) is 0 Å². The lowest BCUT2D eigenvalue weighted by Gasteiger charge is -2.36. The van der Waals surface area contributed by atoms with Gasteiger partial charge in [0, 0.05) is 6.61 Å². The first-order chi connectivity index (χ1) is 14.7. The van der Waals surface area contributed by atoms with Crippen LogP contribution in [0.15, 0.2) is 72.3 Å². The molecule has 2 aromatic rings. The highest BCUT2D eigenvalue weighted by Crippen LogP contribution is 2.33. The summed E-state index contributed by atoms with van der Waals surface area (Å²) in [5, 5.41) is 9.34. The Bertz CT molecular complexity index is 759. The Kier molecular flexibility index (Phi) is 9.09. The predicted octanol–water partition coefficient (Wildman–Crippen LogP) is 5.06. The van der Waals surface area contributed by atoms with Crippen LogP contribution in [0, 0.1) is 0 Å². The molecule has 1 fully saturated rings. The van der Waals surface area contributed by atoms with Gasteiger partial charge < -0.3 is 19.3 Å². The normalized spacial score (nSPS) is 23.4. The van der Waals surface area contributed by atoms with Crippen molar-refractivity contribution in [1.29, 1.82) is 0 Å². The Morgan fingerprint density at radius 2 is 1.70 bits per heavy atom. The van der Waals surface area contributed by atoms with Crippen LogP contribution < -0.4 is 0 Å². The van der Waals surface area contributed by atoms with Gasteiger partial charge in [-0.25, -0.2) is 0 Å². The maximum Gasteiger partial charge on any atom is 0.0920 e. The van der Waals surface area contributed by atoms with Gasteiger partial charge in [0.2, 0.25) is 0 Å². The minimum atomic E-state index is -0.405. The molecular weight excluding hydrogens is 376 g/mol. The zero-order valence-electron chi connectivity index (χ0n) is 18.0. The number of rotatable bonds is 10. The number of ether oxygens (including phenoxy) is 3. The van der Waals surface area contributed by atoms with E-state index in [9.17, 15) is 5.11 Å². The summed E-state index contributed by atoms with van der Waals surface area (Å²) in [6, 6.07) is 20.5. The Labute approximate surface area is 180 Å². The maximum atomic E-state index is 9.34. The summed E-state index contributed by atoms with van der Waals surface area (Å²) in [5.74, 6) is 0. The number of hydrogen-bond donors (Lipinski definition) is 1. The molecule has 0 aromatic heterocycles. The van der Waals surface area contributed by atoms with Gasteiger partial charge in [0.05, 0.1) is 38.1 Å². The standard InChI is InChI=1S/C26H34O4/c1-26(16-8-17-27)25(29-20-23-11-6-3-7-12-23)14-13-24(21-30-26)15-18-28-19-22-9-4-2-5-10-22/h2-7,9-12,15,25,27H,8,13-14,16-21H2,1H3/b24-15+/t25-,26+/m1/s1. The van der Waals surface area contributed by atoms with E-state index in [-0.39, 0.29) is 12.7 Å². The van der Waals surface area contributed by atoms with E-state index in [1.165, 1.54) is 11.1 Å². The highest BCUT2D eigenvalue weighted by Gasteiger charge is 2.37. The van der Waals surface area contributed by atoms with Gasteiger partial charge in [0.1, 0.15) is 0 Å². The Balaban J connectivity index is 1.56. The van der Waals surface area contributed by atoms with Gasteiger partial charge in [-0.2, -0.15) is 0 Å². The van der Waals surface area contributed by atoms with Gasteiger partial charge in [-0.3, -0.25) is 0 Å². The van der Waals surface area contributed by atoms with Crippen LogP contribution in [0.1, 0.15) is 43.7 Å². The van der Waals surface area contributed by atoms with Crippen molar-refractivity contribution in [2.75, 3.05) is 19.8 Å². The Hall–Kier alpha value is -1.98. The van der Waals surface area contributed by atoms with E-state index in [0.717, 1.165) is 24.8 Å². The summed E-state index contributed by atoms with van der Waals surface area (Å²) in [6.45, 7) is 4.64. The summed E-state index contributed by atoms with van der Waals surface area (Å²) < 4.78 is 18.5. The Morgan fingerprint density at radius 3 is 2.37 bits per heavy atom. The van der Waals surface area contributed by atoms with E-state index in [1.807, 2.05) is 36.4 Å². The molecule has 1 heterocycles. The molecule has 2 aromatic carbocycles. The Morgan fingerprint density at radius 1 is 1.03 bits per heavy atom. The molecule has 4 nitrogen and oxygen atoms in total. The first-order valence-corrected chi connectivity index (χ1v) is 10.9. The van der Waals surface area contributed by atoms with Crippen molar-refractivity contribution in [2.24, 2.45) is 0 Å². The minimum absolute atomic E-state index is 0.0135. The van der Waals surface area contributed by atoms with Crippen molar-refractivity contribution in [3.8, 4) is 0 Å². The monoisotopic (exact) mass is 410 g/mol. The van der Waals surface area contributed by atoms with Gasteiger partial charge in [-0.15, -0.1) is 0 Å². The van der Waals surface area contributed by atoms with Crippen molar-refractivity contribution in [2.45, 2.75) is 57.5 Å². The molecule has 0 unspecified atom stereocenters. The molecule has 3 rings (SSSR count). The average Bonchev–Trinajstić information content (AvgIpc) is 2.94. The molecule has 0 amide bonds. The van der Waals surface area contributed by atoms with Crippen molar-refractivity contribution >= 4 is 0 Å². The van der Waals surface area contributed by atoms with Gasteiger partial charge in [0.15, 0.2) is 0 Å². The third-order valence-corrected chi connectivity index (χ3v) is 5.72. The summed E-state index contributed by atoms with van der Waals surface area (Å²) in [6.07, 6.45) is 5.46. The number of benzene rings is 2. The van der Waals surface area contributed by atoms with E-state index < -0.39 is 5.60 Å². The molecule has 4 heteroatoms. The third-order valence-electron chi connectivity index (χ3n) is 5.72. The summed E-state index contributed by atoms with van der Waals surface area (Å²) >= 11 is 0.